The van der Waals surface area contributed by atoms with Crippen LogP contribution in [-0.4, -0.2) is 19.2 Å². The van der Waals surface area contributed by atoms with Crippen LogP contribution in [0.3, 0.4) is 0 Å². The summed E-state index contributed by atoms with van der Waals surface area (Å²) >= 11 is 0. The summed E-state index contributed by atoms with van der Waals surface area (Å²) in [6, 6.07) is 1.81. The zero-order valence-electron chi connectivity index (χ0n) is 33.9. The van der Waals surface area contributed by atoms with Gasteiger partial charge in [-0.3, -0.25) is 0 Å². The van der Waals surface area contributed by atoms with Crippen LogP contribution in [0.4, 0.5) is 111 Å². The summed E-state index contributed by atoms with van der Waals surface area (Å²) in [6.45, 7) is 6.76. The van der Waals surface area contributed by atoms with Crippen molar-refractivity contribution in [2.45, 2.75) is 63.3 Å². The highest BCUT2D eigenvalue weighted by Gasteiger charge is 2.47. The first kappa shape index (κ1) is 55.0. The Bertz CT molecular complexity index is 2100. The van der Waals surface area contributed by atoms with E-state index < -0.39 is 195 Å². The first-order valence-electron chi connectivity index (χ1n) is 18.9. The van der Waals surface area contributed by atoms with Crippen molar-refractivity contribution in [2.24, 2.45) is 0 Å². The number of rotatable bonds is 7. The van der Waals surface area contributed by atoms with E-state index in [-0.39, 0.29) is 0 Å². The standard InChI is InChI=1S/C32H12BF24.C10H15N/c34-25(35,36)13-1-14(26(37,38)39)6-21(5-13)33(22-7-15(27(40,41)42)2-16(8-22)28(43,44)45,23-9-17(29(46,47)48)3-18(10-23)30(49,50)51)24-11-19(31(52,53)54)4-20(12-24)32(55,56)57;1-3-11(4-2)10-8-6-5-7-9-10/h1-12H;5-9H,3-4H2,1-2H3/q-1;/p+1. The van der Waals surface area contributed by atoms with Crippen LogP contribution in [0.15, 0.2) is 103 Å². The number of benzene rings is 5. The van der Waals surface area contributed by atoms with Gasteiger partial charge in [-0.25, -0.2) is 0 Å². The number of hydrogen-bond acceptors (Lipinski definition) is 0. The van der Waals surface area contributed by atoms with Crippen LogP contribution in [0.2, 0.25) is 0 Å². The molecule has 26 heteroatoms. The van der Waals surface area contributed by atoms with Crippen molar-refractivity contribution in [3.63, 3.8) is 0 Å². The maximum atomic E-state index is 14.2. The van der Waals surface area contributed by atoms with E-state index >= 15 is 0 Å². The molecule has 372 valence electrons. The molecule has 5 rings (SSSR count). The summed E-state index contributed by atoms with van der Waals surface area (Å²) in [6.07, 6.45) is -54.8. The maximum Gasteiger partial charge on any atom is 0.416 e. The minimum Gasteiger partial charge on any atom is -0.303 e. The van der Waals surface area contributed by atoms with Crippen LogP contribution < -0.4 is 26.8 Å². The lowest BCUT2D eigenvalue weighted by Crippen LogP contribution is -3.06. The van der Waals surface area contributed by atoms with Gasteiger partial charge in [-0.1, -0.05) is 66.7 Å². The summed E-state index contributed by atoms with van der Waals surface area (Å²) < 4.78 is 341. The molecule has 0 spiro atoms. The quantitative estimate of drug-likeness (QED) is 0.122. The average Bonchev–Trinajstić information content (AvgIpc) is 3.19. The Hall–Kier alpha value is -5.56. The fraction of sp³-hybridized carbons (Fsp3) is 0.286. The van der Waals surface area contributed by atoms with Gasteiger partial charge in [0.25, 0.3) is 0 Å². The molecule has 0 radical (unpaired) electrons. The smallest absolute Gasteiger partial charge is 0.303 e. The normalized spacial score (nSPS) is 13.7. The summed E-state index contributed by atoms with van der Waals surface area (Å²) in [7, 11) is 0. The molecule has 0 aliphatic heterocycles. The molecule has 0 aliphatic rings. The van der Waals surface area contributed by atoms with Crippen molar-refractivity contribution in [3.8, 4) is 0 Å². The van der Waals surface area contributed by atoms with Crippen molar-refractivity contribution in [2.75, 3.05) is 13.1 Å². The molecule has 68 heavy (non-hydrogen) atoms. The number of para-hydroxylation sites is 1. The molecule has 1 nitrogen and oxygen atoms in total. The first-order chi connectivity index (χ1) is 30.6. The van der Waals surface area contributed by atoms with E-state index in [1.807, 2.05) is 0 Å². The highest BCUT2D eigenvalue weighted by molar-refractivity contribution is 7.20. The second kappa shape index (κ2) is 18.7. The summed E-state index contributed by atoms with van der Waals surface area (Å²) in [5.74, 6) is 0. The monoisotopic (exact) mass is 1010 g/mol. The molecule has 1 N–H and O–H groups in total. The van der Waals surface area contributed by atoms with E-state index in [2.05, 4.69) is 44.2 Å². The summed E-state index contributed by atoms with van der Waals surface area (Å²) in [5.41, 5.74) is -28.8. The van der Waals surface area contributed by atoms with Gasteiger partial charge in [0.1, 0.15) is 11.8 Å². The lowest BCUT2D eigenvalue weighted by atomic mass is 9.12. The molecule has 0 aromatic heterocycles. The van der Waals surface area contributed by atoms with Crippen molar-refractivity contribution in [1.82, 2.24) is 0 Å². The van der Waals surface area contributed by atoms with Gasteiger partial charge < -0.3 is 4.90 Å². The predicted molar refractivity (Wildman–Crippen MR) is 198 cm³/mol. The zero-order chi connectivity index (χ0) is 52.0. The Labute approximate surface area is 367 Å². The molecule has 0 heterocycles. The van der Waals surface area contributed by atoms with E-state index in [4.69, 9.17) is 0 Å². The predicted octanol–water partition coefficient (Wildman–Crippen LogP) is 12.5. The fourth-order valence-corrected chi connectivity index (χ4v) is 7.40. The van der Waals surface area contributed by atoms with Gasteiger partial charge in [0, 0.05) is 0 Å². The summed E-state index contributed by atoms with van der Waals surface area (Å²) in [5, 5.41) is 0. The maximum absolute atomic E-state index is 14.2. The number of halogens is 24. The highest BCUT2D eigenvalue weighted by Crippen LogP contribution is 2.41. The van der Waals surface area contributed by atoms with E-state index in [0.29, 0.717) is 0 Å². The Kier molecular flexibility index (Phi) is 15.2. The van der Waals surface area contributed by atoms with Gasteiger partial charge in [0.2, 0.25) is 0 Å². The van der Waals surface area contributed by atoms with E-state index in [1.165, 1.54) is 18.8 Å². The Morgan fingerprint density at radius 1 is 0.294 bits per heavy atom. The van der Waals surface area contributed by atoms with Crippen molar-refractivity contribution >= 4 is 33.7 Å². The van der Waals surface area contributed by atoms with Crippen molar-refractivity contribution in [3.05, 3.63) is 148 Å². The van der Waals surface area contributed by atoms with Gasteiger partial charge >= 0.3 is 49.4 Å². The third-order valence-electron chi connectivity index (χ3n) is 10.5. The van der Waals surface area contributed by atoms with Crippen LogP contribution in [0, 0.1) is 0 Å². The van der Waals surface area contributed by atoms with Crippen LogP contribution in [-0.2, 0) is 49.4 Å². The summed E-state index contributed by atoms with van der Waals surface area (Å²) in [4.78, 5) is 1.55. The fourth-order valence-electron chi connectivity index (χ4n) is 7.40. The molecule has 0 saturated carbocycles. The number of alkyl halides is 24. The van der Waals surface area contributed by atoms with Crippen LogP contribution in [0.5, 0.6) is 0 Å². The average molecular weight is 1010 g/mol. The largest absolute Gasteiger partial charge is 0.416 e. The Morgan fingerprint density at radius 3 is 0.618 bits per heavy atom. The van der Waals surface area contributed by atoms with Gasteiger partial charge in [-0.05, 0) is 50.2 Å². The topological polar surface area (TPSA) is 4.44 Å². The van der Waals surface area contributed by atoms with E-state index in [1.54, 1.807) is 4.90 Å². The van der Waals surface area contributed by atoms with Crippen molar-refractivity contribution in [1.29, 1.82) is 0 Å². The molecule has 0 bridgehead atoms. The molecule has 0 amide bonds. The van der Waals surface area contributed by atoms with Crippen molar-refractivity contribution < 1.29 is 110 Å². The molecular formula is C42H28BF24N. The van der Waals surface area contributed by atoms with Gasteiger partial charge in [-0.15, -0.1) is 0 Å². The third-order valence-corrected chi connectivity index (χ3v) is 10.5. The highest BCUT2D eigenvalue weighted by atomic mass is 19.4. The molecular weight excluding hydrogens is 985 g/mol. The first-order valence-corrected chi connectivity index (χ1v) is 18.9. The third kappa shape index (κ3) is 12.6. The van der Waals surface area contributed by atoms with E-state index in [0.717, 1.165) is 0 Å². The zero-order valence-corrected chi connectivity index (χ0v) is 33.9. The Balaban J connectivity index is 0.000000802. The van der Waals surface area contributed by atoms with Crippen LogP contribution in [0.25, 0.3) is 0 Å². The molecule has 0 fully saturated rings. The molecule has 0 saturated heterocycles. The second-order valence-electron chi connectivity index (χ2n) is 14.9. The minimum absolute atomic E-state index is 0.691. The van der Waals surface area contributed by atoms with Crippen LogP contribution in [0.1, 0.15) is 58.4 Å². The van der Waals surface area contributed by atoms with Gasteiger partial charge in [0.05, 0.1) is 57.6 Å². The van der Waals surface area contributed by atoms with Gasteiger partial charge in [0.15, 0.2) is 0 Å². The SMILES string of the molecule is CC[NH+](CC)c1ccccc1.FC(F)(F)c1cc([B-](c2cc(C(F)(F)F)cc(C(F)(F)F)c2)(c2cc(C(F)(F)F)cc(C(F)(F)F)c2)c2cc(C(F)(F)F)cc(C(F)(F)F)c2)cc(C(F)(F)F)c1. The van der Waals surface area contributed by atoms with Crippen LogP contribution >= 0.6 is 0 Å². The molecule has 5 aromatic carbocycles. The molecule has 0 aliphatic carbocycles. The molecule has 0 atom stereocenters. The van der Waals surface area contributed by atoms with E-state index in [9.17, 15) is 105 Å². The van der Waals surface area contributed by atoms with Gasteiger partial charge in [-0.2, -0.15) is 127 Å². The molecule has 5 aromatic rings. The molecule has 0 unspecified atom stereocenters. The number of nitrogens with one attached hydrogen (secondary N) is 1. The number of hydrogen-bond donors (Lipinski definition) is 1. The minimum atomic E-state index is -6.13. The Morgan fingerprint density at radius 2 is 0.471 bits per heavy atom. The second-order valence-corrected chi connectivity index (χ2v) is 14.9. The number of quaternary nitrogens is 1. The lowest BCUT2D eigenvalue weighted by molar-refractivity contribution is -0.828. The lowest BCUT2D eigenvalue weighted by Gasteiger charge is -2.46.